The van der Waals surface area contributed by atoms with E-state index >= 15 is 0 Å². The van der Waals surface area contributed by atoms with Crippen LogP contribution in [0.5, 0.6) is 0 Å². The lowest BCUT2D eigenvalue weighted by molar-refractivity contribution is 0.685. The van der Waals surface area contributed by atoms with Crippen LogP contribution < -0.4 is 4.90 Å². The van der Waals surface area contributed by atoms with Crippen molar-refractivity contribution in [3.63, 3.8) is 0 Å². The Balaban J connectivity index is 1.78. The molecule has 1 saturated heterocycles. The molecule has 1 aliphatic heterocycles. The first kappa shape index (κ1) is 15.2. The third kappa shape index (κ3) is 3.06. The lowest BCUT2D eigenvalue weighted by Crippen LogP contribution is -2.30. The van der Waals surface area contributed by atoms with Gasteiger partial charge in [-0.15, -0.1) is 22.7 Å². The van der Waals surface area contributed by atoms with Crippen LogP contribution in [-0.2, 0) is 0 Å². The van der Waals surface area contributed by atoms with Gasteiger partial charge in [-0.05, 0) is 24.3 Å². The summed E-state index contributed by atoms with van der Waals surface area (Å²) in [6, 6.07) is 2.39. The molecular formula is C16H18N4S2. The molecular weight excluding hydrogens is 312 g/mol. The van der Waals surface area contributed by atoms with Gasteiger partial charge < -0.3 is 4.90 Å². The molecule has 0 unspecified atom stereocenters. The molecule has 0 spiro atoms. The zero-order valence-electron chi connectivity index (χ0n) is 12.7. The van der Waals surface area contributed by atoms with Crippen molar-refractivity contribution in [2.45, 2.75) is 32.6 Å². The fourth-order valence-electron chi connectivity index (χ4n) is 2.53. The number of nitriles is 1. The number of piperidine rings is 1. The van der Waals surface area contributed by atoms with E-state index in [-0.39, 0.29) is 0 Å². The van der Waals surface area contributed by atoms with Gasteiger partial charge in [0, 0.05) is 30.0 Å². The average molecular weight is 330 g/mol. The van der Waals surface area contributed by atoms with Crippen LogP contribution in [0.3, 0.4) is 0 Å². The second kappa shape index (κ2) is 6.59. The van der Waals surface area contributed by atoms with Crippen molar-refractivity contribution in [3.8, 4) is 6.07 Å². The molecule has 0 atom stereocenters. The van der Waals surface area contributed by atoms with Gasteiger partial charge in [-0.2, -0.15) is 5.26 Å². The number of hydrogen-bond donors (Lipinski definition) is 0. The van der Waals surface area contributed by atoms with E-state index in [9.17, 15) is 5.26 Å². The molecule has 0 aromatic carbocycles. The molecule has 22 heavy (non-hydrogen) atoms. The zero-order valence-corrected chi connectivity index (χ0v) is 14.4. The largest absolute Gasteiger partial charge is 0.347 e. The molecule has 1 aliphatic rings. The monoisotopic (exact) mass is 330 g/mol. The number of anilines is 1. The second-order valence-electron chi connectivity index (χ2n) is 5.62. The molecule has 0 saturated carbocycles. The van der Waals surface area contributed by atoms with E-state index in [0.29, 0.717) is 5.92 Å². The predicted octanol–water partition coefficient (Wildman–Crippen LogP) is 4.30. The number of aromatic nitrogens is 2. The predicted molar refractivity (Wildman–Crippen MR) is 92.3 cm³/mol. The molecule has 0 aliphatic carbocycles. The second-order valence-corrected chi connectivity index (χ2v) is 7.36. The number of nitrogens with zero attached hydrogens (tertiary/aromatic N) is 4. The Morgan fingerprint density at radius 1 is 1.32 bits per heavy atom. The van der Waals surface area contributed by atoms with E-state index in [1.165, 1.54) is 5.57 Å². The fraction of sp³-hybridized carbons (Fsp3) is 0.438. The van der Waals surface area contributed by atoms with Gasteiger partial charge in [0.25, 0.3) is 0 Å². The first-order chi connectivity index (χ1) is 10.7. The van der Waals surface area contributed by atoms with Crippen molar-refractivity contribution in [1.29, 1.82) is 5.26 Å². The van der Waals surface area contributed by atoms with Gasteiger partial charge in [0.05, 0.1) is 11.3 Å². The summed E-state index contributed by atoms with van der Waals surface area (Å²) in [5.74, 6) is 0.404. The summed E-state index contributed by atoms with van der Waals surface area (Å²) in [4.78, 5) is 11.3. The topological polar surface area (TPSA) is 52.8 Å². The van der Waals surface area contributed by atoms with E-state index in [2.05, 4.69) is 40.2 Å². The molecule has 6 heteroatoms. The Kier molecular flexibility index (Phi) is 4.55. The van der Waals surface area contributed by atoms with Crippen molar-refractivity contribution in [2.24, 2.45) is 0 Å². The minimum atomic E-state index is 0.404. The number of rotatable bonds is 3. The Morgan fingerprint density at radius 3 is 2.64 bits per heavy atom. The SMILES string of the molecule is CC(C)c1csc(C(C#N)=C2CCN(c3nccs3)CC2)n1. The molecule has 2 aromatic rings. The lowest BCUT2D eigenvalue weighted by Gasteiger charge is -2.28. The van der Waals surface area contributed by atoms with Gasteiger partial charge in [-0.3, -0.25) is 0 Å². The zero-order chi connectivity index (χ0) is 15.5. The van der Waals surface area contributed by atoms with Crippen LogP contribution in [0.25, 0.3) is 5.57 Å². The van der Waals surface area contributed by atoms with Crippen LogP contribution in [0.1, 0.15) is 43.3 Å². The van der Waals surface area contributed by atoms with E-state index in [1.54, 1.807) is 22.7 Å². The van der Waals surface area contributed by atoms with Crippen molar-refractivity contribution in [2.75, 3.05) is 18.0 Å². The van der Waals surface area contributed by atoms with E-state index in [4.69, 9.17) is 0 Å². The Morgan fingerprint density at radius 2 is 2.09 bits per heavy atom. The van der Waals surface area contributed by atoms with Gasteiger partial charge in [0.1, 0.15) is 11.1 Å². The Hall–Kier alpha value is -1.71. The van der Waals surface area contributed by atoms with E-state index in [1.807, 2.05) is 11.6 Å². The molecule has 114 valence electrons. The number of thiazole rings is 2. The third-order valence-electron chi connectivity index (χ3n) is 3.85. The van der Waals surface area contributed by atoms with Gasteiger partial charge in [0.15, 0.2) is 5.13 Å². The molecule has 0 radical (unpaired) electrons. The van der Waals surface area contributed by atoms with Gasteiger partial charge in [-0.25, -0.2) is 9.97 Å². The average Bonchev–Trinajstić information content (AvgIpc) is 3.20. The summed E-state index contributed by atoms with van der Waals surface area (Å²) >= 11 is 3.26. The number of allylic oxidation sites excluding steroid dienone is 1. The molecule has 0 bridgehead atoms. The highest BCUT2D eigenvalue weighted by molar-refractivity contribution is 7.13. The highest BCUT2D eigenvalue weighted by atomic mass is 32.1. The quantitative estimate of drug-likeness (QED) is 0.787. The molecule has 3 heterocycles. The van der Waals surface area contributed by atoms with Gasteiger partial charge in [-0.1, -0.05) is 13.8 Å². The summed E-state index contributed by atoms with van der Waals surface area (Å²) in [7, 11) is 0. The Labute approximate surface area is 138 Å². The standard InChI is InChI=1S/C16H18N4S2/c1-11(2)14-10-22-15(19-14)13(9-17)12-3-6-20(7-4-12)16-18-5-8-21-16/h5,8,10-11H,3-4,6-7H2,1-2H3. The van der Waals surface area contributed by atoms with Crippen molar-refractivity contribution < 1.29 is 0 Å². The van der Waals surface area contributed by atoms with Crippen molar-refractivity contribution in [3.05, 3.63) is 33.2 Å². The third-order valence-corrected chi connectivity index (χ3v) is 5.56. The summed E-state index contributed by atoms with van der Waals surface area (Å²) in [6.45, 7) is 6.11. The molecule has 0 N–H and O–H groups in total. The highest BCUT2D eigenvalue weighted by Gasteiger charge is 2.21. The molecule has 2 aromatic heterocycles. The number of hydrogen-bond acceptors (Lipinski definition) is 6. The van der Waals surface area contributed by atoms with E-state index in [0.717, 1.165) is 47.3 Å². The lowest BCUT2D eigenvalue weighted by atomic mass is 9.99. The van der Waals surface area contributed by atoms with Crippen LogP contribution in [0.15, 0.2) is 22.5 Å². The summed E-state index contributed by atoms with van der Waals surface area (Å²) in [5.41, 5.74) is 3.10. The minimum absolute atomic E-state index is 0.404. The van der Waals surface area contributed by atoms with Crippen LogP contribution in [0.4, 0.5) is 5.13 Å². The minimum Gasteiger partial charge on any atom is -0.347 e. The molecule has 1 fully saturated rings. The van der Waals surface area contributed by atoms with Crippen molar-refractivity contribution >= 4 is 33.4 Å². The highest BCUT2D eigenvalue weighted by Crippen LogP contribution is 2.31. The first-order valence-electron chi connectivity index (χ1n) is 7.41. The smallest absolute Gasteiger partial charge is 0.185 e. The Bertz CT molecular complexity index is 697. The maximum atomic E-state index is 9.56. The van der Waals surface area contributed by atoms with E-state index < -0.39 is 0 Å². The summed E-state index contributed by atoms with van der Waals surface area (Å²) in [5, 5.41) is 15.6. The maximum Gasteiger partial charge on any atom is 0.185 e. The summed E-state index contributed by atoms with van der Waals surface area (Å²) in [6.07, 6.45) is 3.67. The normalized spacial score (nSPS) is 15.2. The van der Waals surface area contributed by atoms with Crippen LogP contribution in [0.2, 0.25) is 0 Å². The maximum absolute atomic E-state index is 9.56. The molecule has 3 rings (SSSR count). The fourth-order valence-corrected chi connectivity index (χ4v) is 4.25. The molecule has 4 nitrogen and oxygen atoms in total. The van der Waals surface area contributed by atoms with Crippen LogP contribution >= 0.6 is 22.7 Å². The summed E-state index contributed by atoms with van der Waals surface area (Å²) < 4.78 is 0. The van der Waals surface area contributed by atoms with Crippen LogP contribution in [0, 0.1) is 11.3 Å². The molecule has 0 amide bonds. The first-order valence-corrected chi connectivity index (χ1v) is 9.17. The van der Waals surface area contributed by atoms with Crippen LogP contribution in [-0.4, -0.2) is 23.1 Å². The van der Waals surface area contributed by atoms with Gasteiger partial charge >= 0.3 is 0 Å². The van der Waals surface area contributed by atoms with Gasteiger partial charge in [0.2, 0.25) is 0 Å². The van der Waals surface area contributed by atoms with Crippen molar-refractivity contribution in [1.82, 2.24) is 9.97 Å².